The number of rotatable bonds is 7. The van der Waals surface area contributed by atoms with E-state index >= 15 is 0 Å². The lowest BCUT2D eigenvalue weighted by atomic mass is 10.2. The molecule has 0 saturated carbocycles. The minimum Gasteiger partial charge on any atom is -0.491 e. The molecule has 0 bridgehead atoms. The van der Waals surface area contributed by atoms with E-state index in [1.807, 2.05) is 50.4 Å². The summed E-state index contributed by atoms with van der Waals surface area (Å²) in [6.07, 6.45) is 2.65. The smallest absolute Gasteiger partial charge is 0.315 e. The summed E-state index contributed by atoms with van der Waals surface area (Å²) in [7, 11) is 0. The Morgan fingerprint density at radius 1 is 1.35 bits per heavy atom. The van der Waals surface area contributed by atoms with E-state index in [1.165, 1.54) is 0 Å². The standard InChI is InChI=1S/C17H23N3O2S/c1-4-14(16-18-9-10-23-16)20-17(21)19-11-13-7-5-6-8-15(13)22-12(2)3/h5-10,12,14H,4,11H2,1-3H3,(H2,19,20,21)/t14-/m1/s1. The van der Waals surface area contributed by atoms with E-state index in [2.05, 4.69) is 15.6 Å². The van der Waals surface area contributed by atoms with E-state index in [9.17, 15) is 4.79 Å². The molecule has 2 aromatic rings. The van der Waals surface area contributed by atoms with Gasteiger partial charge in [0.1, 0.15) is 10.8 Å². The highest BCUT2D eigenvalue weighted by molar-refractivity contribution is 7.09. The Balaban J connectivity index is 1.91. The Kier molecular flexibility index (Phi) is 6.40. The maximum absolute atomic E-state index is 12.1. The molecule has 5 nitrogen and oxygen atoms in total. The first-order chi connectivity index (χ1) is 11.1. The number of para-hydroxylation sites is 1. The van der Waals surface area contributed by atoms with E-state index < -0.39 is 0 Å². The van der Waals surface area contributed by atoms with Crippen molar-refractivity contribution < 1.29 is 9.53 Å². The summed E-state index contributed by atoms with van der Waals surface area (Å²) in [6, 6.07) is 7.47. The van der Waals surface area contributed by atoms with Gasteiger partial charge < -0.3 is 15.4 Å². The van der Waals surface area contributed by atoms with E-state index in [0.29, 0.717) is 6.54 Å². The van der Waals surface area contributed by atoms with Crippen LogP contribution in [-0.4, -0.2) is 17.1 Å². The molecule has 2 amide bonds. The quantitative estimate of drug-likeness (QED) is 0.808. The van der Waals surface area contributed by atoms with Gasteiger partial charge in [-0.15, -0.1) is 11.3 Å². The number of hydrogen-bond donors (Lipinski definition) is 2. The Bertz CT molecular complexity index is 614. The second-order valence-electron chi connectivity index (χ2n) is 5.43. The third-order valence-corrected chi connectivity index (χ3v) is 4.13. The summed E-state index contributed by atoms with van der Waals surface area (Å²) in [4.78, 5) is 16.4. The minimum atomic E-state index is -0.202. The summed E-state index contributed by atoms with van der Waals surface area (Å²) in [5.41, 5.74) is 0.957. The maximum atomic E-state index is 12.1. The maximum Gasteiger partial charge on any atom is 0.315 e. The number of urea groups is 1. The highest BCUT2D eigenvalue weighted by atomic mass is 32.1. The van der Waals surface area contributed by atoms with Gasteiger partial charge in [0.15, 0.2) is 0 Å². The predicted molar refractivity (Wildman–Crippen MR) is 92.7 cm³/mol. The van der Waals surface area contributed by atoms with Crippen molar-refractivity contribution in [2.45, 2.75) is 45.9 Å². The van der Waals surface area contributed by atoms with Gasteiger partial charge in [-0.2, -0.15) is 0 Å². The van der Waals surface area contributed by atoms with E-state index in [1.54, 1.807) is 17.5 Å². The molecule has 0 aliphatic rings. The first kappa shape index (κ1) is 17.3. The molecule has 2 N–H and O–H groups in total. The van der Waals surface area contributed by atoms with Crippen LogP contribution in [0.2, 0.25) is 0 Å². The van der Waals surface area contributed by atoms with Crippen LogP contribution in [0.1, 0.15) is 43.8 Å². The number of thiazole rings is 1. The topological polar surface area (TPSA) is 63.2 Å². The van der Waals surface area contributed by atoms with Crippen LogP contribution in [-0.2, 0) is 6.54 Å². The van der Waals surface area contributed by atoms with Crippen LogP contribution in [0.3, 0.4) is 0 Å². The zero-order chi connectivity index (χ0) is 16.7. The number of carbonyl (C=O) groups is 1. The number of amides is 2. The zero-order valence-corrected chi connectivity index (χ0v) is 14.5. The van der Waals surface area contributed by atoms with E-state index in [-0.39, 0.29) is 18.2 Å². The van der Waals surface area contributed by atoms with E-state index in [4.69, 9.17) is 4.74 Å². The monoisotopic (exact) mass is 333 g/mol. The largest absolute Gasteiger partial charge is 0.491 e. The second-order valence-corrected chi connectivity index (χ2v) is 6.36. The SMILES string of the molecule is CC[C@@H](NC(=O)NCc1ccccc1OC(C)C)c1nccs1. The molecule has 1 heterocycles. The van der Waals surface area contributed by atoms with Gasteiger partial charge in [0, 0.05) is 23.7 Å². The van der Waals surface area contributed by atoms with Gasteiger partial charge in [0.25, 0.3) is 0 Å². The molecule has 0 spiro atoms. The van der Waals surface area contributed by atoms with Gasteiger partial charge in [-0.1, -0.05) is 25.1 Å². The van der Waals surface area contributed by atoms with Crippen LogP contribution < -0.4 is 15.4 Å². The van der Waals surface area contributed by atoms with Gasteiger partial charge in [-0.05, 0) is 26.3 Å². The van der Waals surface area contributed by atoms with Gasteiger partial charge in [-0.3, -0.25) is 0 Å². The molecular formula is C17H23N3O2S. The Morgan fingerprint density at radius 3 is 2.78 bits per heavy atom. The van der Waals surface area contributed by atoms with Crippen molar-refractivity contribution in [3.05, 3.63) is 46.4 Å². The van der Waals surface area contributed by atoms with Gasteiger partial charge >= 0.3 is 6.03 Å². The molecular weight excluding hydrogens is 310 g/mol. The lowest BCUT2D eigenvalue weighted by Gasteiger charge is -2.17. The fourth-order valence-corrected chi connectivity index (χ4v) is 2.92. The summed E-state index contributed by atoms with van der Waals surface area (Å²) < 4.78 is 5.76. The van der Waals surface area contributed by atoms with Crippen molar-refractivity contribution in [1.29, 1.82) is 0 Å². The number of nitrogens with one attached hydrogen (secondary N) is 2. The van der Waals surface area contributed by atoms with Crippen molar-refractivity contribution in [3.8, 4) is 5.75 Å². The van der Waals surface area contributed by atoms with Crippen LogP contribution in [0, 0.1) is 0 Å². The molecule has 1 aromatic carbocycles. The fourth-order valence-electron chi connectivity index (χ4n) is 2.15. The van der Waals surface area contributed by atoms with Crippen LogP contribution in [0.15, 0.2) is 35.8 Å². The van der Waals surface area contributed by atoms with Crippen LogP contribution in [0.4, 0.5) is 4.79 Å². The molecule has 0 radical (unpaired) electrons. The lowest BCUT2D eigenvalue weighted by molar-refractivity contribution is 0.233. The summed E-state index contributed by atoms with van der Waals surface area (Å²) in [5, 5.41) is 8.68. The average molecular weight is 333 g/mol. The molecule has 2 rings (SSSR count). The Labute approximate surface area is 141 Å². The predicted octanol–water partition coefficient (Wildman–Crippen LogP) is 3.88. The third-order valence-electron chi connectivity index (χ3n) is 3.24. The number of carbonyl (C=O) groups excluding carboxylic acids is 1. The van der Waals surface area contributed by atoms with Gasteiger partial charge in [0.2, 0.25) is 0 Å². The van der Waals surface area contributed by atoms with E-state index in [0.717, 1.165) is 22.7 Å². The third kappa shape index (κ3) is 5.25. The minimum absolute atomic E-state index is 0.0582. The zero-order valence-electron chi connectivity index (χ0n) is 13.7. The highest BCUT2D eigenvalue weighted by Gasteiger charge is 2.15. The fraction of sp³-hybridized carbons (Fsp3) is 0.412. The highest BCUT2D eigenvalue weighted by Crippen LogP contribution is 2.20. The molecule has 0 unspecified atom stereocenters. The van der Waals surface area contributed by atoms with Crippen LogP contribution >= 0.6 is 11.3 Å². The number of nitrogens with zero attached hydrogens (tertiary/aromatic N) is 1. The number of benzene rings is 1. The molecule has 0 aliphatic carbocycles. The van der Waals surface area contributed by atoms with Crippen molar-refractivity contribution in [1.82, 2.24) is 15.6 Å². The van der Waals surface area contributed by atoms with Crippen molar-refractivity contribution >= 4 is 17.4 Å². The van der Waals surface area contributed by atoms with Crippen molar-refractivity contribution in [2.75, 3.05) is 0 Å². The summed E-state index contributed by atoms with van der Waals surface area (Å²) in [6.45, 7) is 6.41. The molecule has 124 valence electrons. The summed E-state index contributed by atoms with van der Waals surface area (Å²) >= 11 is 1.55. The van der Waals surface area contributed by atoms with Crippen LogP contribution in [0.25, 0.3) is 0 Å². The van der Waals surface area contributed by atoms with Crippen molar-refractivity contribution in [2.24, 2.45) is 0 Å². The number of ether oxygens (including phenoxy) is 1. The molecule has 1 atom stereocenters. The Morgan fingerprint density at radius 2 is 2.13 bits per heavy atom. The van der Waals surface area contributed by atoms with Crippen LogP contribution in [0.5, 0.6) is 5.75 Å². The second kappa shape index (κ2) is 8.53. The van der Waals surface area contributed by atoms with Gasteiger partial charge in [0.05, 0.1) is 12.1 Å². The van der Waals surface area contributed by atoms with Crippen molar-refractivity contribution in [3.63, 3.8) is 0 Å². The molecule has 6 heteroatoms. The first-order valence-electron chi connectivity index (χ1n) is 7.78. The molecule has 23 heavy (non-hydrogen) atoms. The normalized spacial score (nSPS) is 12.0. The molecule has 1 aromatic heterocycles. The average Bonchev–Trinajstić information content (AvgIpc) is 3.05. The molecule has 0 aliphatic heterocycles. The van der Waals surface area contributed by atoms with Gasteiger partial charge in [-0.25, -0.2) is 9.78 Å². The molecule has 0 fully saturated rings. The number of hydrogen-bond acceptors (Lipinski definition) is 4. The first-order valence-corrected chi connectivity index (χ1v) is 8.66. The molecule has 0 saturated heterocycles. The summed E-state index contributed by atoms with van der Waals surface area (Å²) in [5.74, 6) is 0.801. The lowest BCUT2D eigenvalue weighted by Crippen LogP contribution is -2.37. The number of aromatic nitrogens is 1. The Hall–Kier alpha value is -2.08.